The van der Waals surface area contributed by atoms with Crippen molar-refractivity contribution in [1.29, 1.82) is 0 Å². The van der Waals surface area contributed by atoms with Crippen LogP contribution in [-0.4, -0.2) is 7.05 Å². The molecule has 0 bridgehead atoms. The first-order valence-electron chi connectivity index (χ1n) is 0.739. The molecule has 0 radical (unpaired) electrons. The van der Waals surface area contributed by atoms with E-state index in [1.807, 2.05) is 0 Å². The van der Waals surface area contributed by atoms with Crippen LogP contribution in [0.4, 0.5) is 0 Å². The number of halogens is 2. The topological polar surface area (TPSA) is 23.8 Å². The number of hydrogen-bond donors (Lipinski definition) is 0. The van der Waals surface area contributed by atoms with Crippen LogP contribution in [-0.2, 0) is 16.5 Å². The number of nitrogens with one attached hydrogen (secondary N) is 1. The molecule has 0 aromatic carbocycles. The van der Waals surface area contributed by atoms with E-state index in [4.69, 9.17) is 24.6 Å². The van der Waals surface area contributed by atoms with Gasteiger partial charge in [0.2, 0.25) is 0 Å². The SMILES string of the molecule is C[NH-].[CH3-].[Cl][Pt+2][Cl]. The van der Waals surface area contributed by atoms with Crippen molar-refractivity contribution in [3.8, 4) is 0 Å². The summed E-state index contributed by atoms with van der Waals surface area (Å²) in [5.74, 6) is 0. The number of hydrogen-bond acceptors (Lipinski definition) is 0. The van der Waals surface area contributed by atoms with Gasteiger partial charge in [0.25, 0.3) is 0 Å². The van der Waals surface area contributed by atoms with Gasteiger partial charge in [-0.2, -0.15) is 7.05 Å². The van der Waals surface area contributed by atoms with E-state index in [0.717, 1.165) is 0 Å². The average Bonchev–Trinajstić information content (AvgIpc) is 1.46. The third kappa shape index (κ3) is 62.0. The van der Waals surface area contributed by atoms with Crippen LogP contribution in [0, 0.1) is 7.43 Å². The molecule has 4 heteroatoms. The number of rotatable bonds is 0. The summed E-state index contributed by atoms with van der Waals surface area (Å²) < 4.78 is 0. The van der Waals surface area contributed by atoms with E-state index in [2.05, 4.69) is 0 Å². The summed E-state index contributed by atoms with van der Waals surface area (Å²) in [4.78, 5) is 0. The summed E-state index contributed by atoms with van der Waals surface area (Å²) >= 11 is -0.472. The molecule has 1 nitrogen and oxygen atoms in total. The molecule has 0 heterocycles. The molecule has 1 N–H and O–H groups in total. The molecule has 0 unspecified atom stereocenters. The molecular weight excluding hydrogens is 304 g/mol. The van der Waals surface area contributed by atoms with Gasteiger partial charge < -0.3 is 13.2 Å². The summed E-state index contributed by atoms with van der Waals surface area (Å²) in [5, 5.41) is 0. The van der Waals surface area contributed by atoms with Gasteiger partial charge in [-0.1, -0.05) is 0 Å². The summed E-state index contributed by atoms with van der Waals surface area (Å²) in [5.41, 5.74) is 5.75. The van der Waals surface area contributed by atoms with Gasteiger partial charge in [-0.25, -0.2) is 0 Å². The van der Waals surface area contributed by atoms with E-state index in [1.165, 1.54) is 7.05 Å². The normalized spacial score (nSPS) is 4.67. The first-order valence-corrected chi connectivity index (χ1v) is 6.37. The standard InChI is InChI=1S/CH4N.CH3.2ClH.Pt/c1-2;;;;/h2H,1H3;1H3;2*1H;/q2*-1;;;+4/p-2. The Morgan fingerprint density at radius 3 is 1.33 bits per heavy atom. The van der Waals surface area contributed by atoms with Crippen molar-refractivity contribution in [1.82, 2.24) is 0 Å². The second kappa shape index (κ2) is 34.3. The molecule has 0 atom stereocenters. The molecule has 0 rings (SSSR count). The Labute approximate surface area is 55.6 Å². The Hall–Kier alpha value is 1.23. The van der Waals surface area contributed by atoms with Crippen LogP contribution in [0.25, 0.3) is 5.73 Å². The fourth-order valence-corrected chi connectivity index (χ4v) is 0. The van der Waals surface area contributed by atoms with Gasteiger partial charge in [-0.15, -0.1) is 0 Å². The monoisotopic (exact) mass is 310 g/mol. The molecule has 0 amide bonds. The summed E-state index contributed by atoms with van der Waals surface area (Å²) in [6, 6.07) is 0. The Kier molecular flexibility index (Phi) is 89.6. The maximum atomic E-state index is 5.75. The fraction of sp³-hybridized carbons (Fsp3) is 0.500. The molecule has 0 saturated carbocycles. The molecule has 6 heavy (non-hydrogen) atoms. The minimum absolute atomic E-state index is 0. The van der Waals surface area contributed by atoms with Crippen LogP contribution in [0.1, 0.15) is 0 Å². The van der Waals surface area contributed by atoms with E-state index in [-0.39, 0.29) is 7.43 Å². The first-order chi connectivity index (χ1) is 2.41. The molecule has 44 valence electrons. The van der Waals surface area contributed by atoms with Crippen LogP contribution >= 0.6 is 18.8 Å². The van der Waals surface area contributed by atoms with E-state index in [1.54, 1.807) is 0 Å². The van der Waals surface area contributed by atoms with Crippen molar-refractivity contribution in [2.75, 3.05) is 7.05 Å². The zero-order chi connectivity index (χ0) is 4.71. The third-order valence-electron chi connectivity index (χ3n) is 0. The Bertz CT molecular complexity index is 11.5. The van der Waals surface area contributed by atoms with Crippen molar-refractivity contribution >= 4 is 18.8 Å². The van der Waals surface area contributed by atoms with Crippen molar-refractivity contribution in [3.63, 3.8) is 0 Å². The second-order valence-electron chi connectivity index (χ2n) is 0.0452. The summed E-state index contributed by atoms with van der Waals surface area (Å²) in [6.45, 7) is 0. The van der Waals surface area contributed by atoms with Crippen LogP contribution in [0.3, 0.4) is 0 Å². The summed E-state index contributed by atoms with van der Waals surface area (Å²) in [7, 11) is 11.0. The van der Waals surface area contributed by atoms with E-state index < -0.39 is 16.5 Å². The zero-order valence-electron chi connectivity index (χ0n) is 3.57. The Balaban J connectivity index is -0.0000000275. The van der Waals surface area contributed by atoms with E-state index in [9.17, 15) is 0 Å². The van der Waals surface area contributed by atoms with Crippen molar-refractivity contribution in [2.24, 2.45) is 0 Å². The van der Waals surface area contributed by atoms with Gasteiger partial charge in [0.1, 0.15) is 0 Å². The molecule has 0 saturated heterocycles. The zero-order valence-corrected chi connectivity index (χ0v) is 7.36. The van der Waals surface area contributed by atoms with Crippen molar-refractivity contribution < 1.29 is 16.5 Å². The van der Waals surface area contributed by atoms with Gasteiger partial charge >= 0.3 is 35.3 Å². The van der Waals surface area contributed by atoms with Crippen molar-refractivity contribution in [2.45, 2.75) is 0 Å². The average molecular weight is 311 g/mol. The van der Waals surface area contributed by atoms with Crippen LogP contribution in [0.5, 0.6) is 0 Å². The molecule has 0 spiro atoms. The predicted molar refractivity (Wildman–Crippen MR) is 28.4 cm³/mol. The van der Waals surface area contributed by atoms with Crippen molar-refractivity contribution in [3.05, 3.63) is 13.2 Å². The molecule has 0 aliphatic heterocycles. The van der Waals surface area contributed by atoms with E-state index >= 15 is 0 Å². The van der Waals surface area contributed by atoms with Gasteiger partial charge in [0.15, 0.2) is 0 Å². The molecular formula is C2H7Cl2NPt. The predicted octanol–water partition coefficient (Wildman–Crippen LogP) is 2.50. The van der Waals surface area contributed by atoms with Crippen LogP contribution in [0.2, 0.25) is 0 Å². The van der Waals surface area contributed by atoms with Gasteiger partial charge in [-0.05, 0) is 0 Å². The van der Waals surface area contributed by atoms with Gasteiger partial charge in [-0.3, -0.25) is 0 Å². The van der Waals surface area contributed by atoms with Gasteiger partial charge in [0, 0.05) is 0 Å². The van der Waals surface area contributed by atoms with Crippen LogP contribution in [0.15, 0.2) is 0 Å². The molecule has 0 aliphatic carbocycles. The fourth-order valence-electron chi connectivity index (χ4n) is 0. The second-order valence-corrected chi connectivity index (χ2v) is 3.33. The van der Waals surface area contributed by atoms with E-state index in [0.29, 0.717) is 0 Å². The first kappa shape index (κ1) is 15.7. The van der Waals surface area contributed by atoms with Gasteiger partial charge in [0.05, 0.1) is 0 Å². The quantitative estimate of drug-likeness (QED) is 0.614. The molecule has 0 aromatic heterocycles. The maximum absolute atomic E-state index is 5.75. The molecule has 0 fully saturated rings. The Morgan fingerprint density at radius 2 is 1.33 bits per heavy atom. The minimum atomic E-state index is -0.472. The molecule has 0 aromatic rings. The van der Waals surface area contributed by atoms with Crippen LogP contribution < -0.4 is 0 Å². The summed E-state index contributed by atoms with van der Waals surface area (Å²) in [6.07, 6.45) is 0. The Morgan fingerprint density at radius 1 is 1.33 bits per heavy atom. The third-order valence-corrected chi connectivity index (χ3v) is 0. The molecule has 0 aliphatic rings.